The molecule has 20 heavy (non-hydrogen) atoms. The minimum absolute atomic E-state index is 0.0833. The Morgan fingerprint density at radius 2 is 2.30 bits per heavy atom. The normalized spacial score (nSPS) is 23.5. The van der Waals surface area contributed by atoms with Crippen LogP contribution in [0.3, 0.4) is 0 Å². The summed E-state index contributed by atoms with van der Waals surface area (Å²) in [5.74, 6) is -0.105. The van der Waals surface area contributed by atoms with E-state index in [4.69, 9.17) is 9.88 Å². The summed E-state index contributed by atoms with van der Waals surface area (Å²) in [6.07, 6.45) is 1.94. The fourth-order valence-electron chi connectivity index (χ4n) is 2.17. The maximum absolute atomic E-state index is 11.9. The van der Waals surface area contributed by atoms with Gasteiger partial charge < -0.3 is 10.1 Å². The highest BCUT2D eigenvalue weighted by molar-refractivity contribution is 7.91. The van der Waals surface area contributed by atoms with Crippen molar-refractivity contribution in [2.24, 2.45) is 5.14 Å². The molecule has 1 aliphatic rings. The van der Waals surface area contributed by atoms with Gasteiger partial charge in [0, 0.05) is 17.5 Å². The first-order valence-corrected chi connectivity index (χ1v) is 8.73. The summed E-state index contributed by atoms with van der Waals surface area (Å²) in [5, 5.41) is 7.99. The lowest BCUT2D eigenvalue weighted by Gasteiger charge is -2.27. The molecule has 112 valence electrons. The Bertz CT molecular complexity index is 582. The minimum Gasteiger partial charge on any atom is -0.378 e. The Hall–Kier alpha value is -0.960. The molecule has 2 heterocycles. The van der Waals surface area contributed by atoms with Crippen LogP contribution in [0.2, 0.25) is 0 Å². The van der Waals surface area contributed by atoms with Crippen LogP contribution in [0.4, 0.5) is 0 Å². The van der Waals surface area contributed by atoms with Crippen LogP contribution in [0, 0.1) is 0 Å². The van der Waals surface area contributed by atoms with Crippen molar-refractivity contribution in [3.05, 3.63) is 17.0 Å². The van der Waals surface area contributed by atoms with Gasteiger partial charge in [-0.1, -0.05) is 0 Å². The van der Waals surface area contributed by atoms with Crippen molar-refractivity contribution in [3.8, 4) is 0 Å². The average molecular weight is 318 g/mol. The molecular formula is C12H18N2O4S2. The highest BCUT2D eigenvalue weighted by Crippen LogP contribution is 2.21. The number of sulfonamides is 1. The molecule has 0 bridgehead atoms. The number of carbonyl (C=O) groups is 1. The monoisotopic (exact) mass is 318 g/mol. The van der Waals surface area contributed by atoms with Crippen LogP contribution in [0.15, 0.2) is 16.3 Å². The maximum atomic E-state index is 11.9. The fraction of sp³-hybridized carbons (Fsp3) is 0.583. The Morgan fingerprint density at radius 1 is 1.55 bits per heavy atom. The van der Waals surface area contributed by atoms with E-state index in [9.17, 15) is 13.2 Å². The van der Waals surface area contributed by atoms with Crippen molar-refractivity contribution >= 4 is 27.3 Å². The van der Waals surface area contributed by atoms with Crippen LogP contribution in [0.5, 0.6) is 0 Å². The number of hydrogen-bond donors (Lipinski definition) is 2. The molecule has 0 radical (unpaired) electrons. The third-order valence-electron chi connectivity index (χ3n) is 3.10. The molecule has 1 amide bonds. The van der Waals surface area contributed by atoms with Crippen molar-refractivity contribution in [1.29, 1.82) is 0 Å². The lowest BCUT2D eigenvalue weighted by molar-refractivity contribution is -0.122. The Morgan fingerprint density at radius 3 is 2.90 bits per heavy atom. The number of amides is 1. The van der Waals surface area contributed by atoms with Crippen LogP contribution in [0.25, 0.3) is 0 Å². The number of rotatable bonds is 4. The number of thiophene rings is 1. The van der Waals surface area contributed by atoms with Gasteiger partial charge in [-0.3, -0.25) is 4.79 Å². The molecule has 8 heteroatoms. The Kier molecular flexibility index (Phi) is 4.79. The maximum Gasteiger partial charge on any atom is 0.247 e. The number of nitrogens with one attached hydrogen (secondary N) is 1. The van der Waals surface area contributed by atoms with Crippen molar-refractivity contribution in [3.63, 3.8) is 0 Å². The van der Waals surface area contributed by atoms with Gasteiger partial charge in [0.2, 0.25) is 15.9 Å². The van der Waals surface area contributed by atoms with Crippen molar-refractivity contribution in [2.45, 2.75) is 42.5 Å². The molecule has 2 atom stereocenters. The summed E-state index contributed by atoms with van der Waals surface area (Å²) >= 11 is 1.03. The third kappa shape index (κ3) is 4.27. The topological polar surface area (TPSA) is 98.5 Å². The number of carbonyl (C=O) groups excluding carboxylic acids is 1. The number of primary sulfonamides is 1. The summed E-state index contributed by atoms with van der Waals surface area (Å²) in [6.45, 7) is 2.64. The molecule has 1 aliphatic heterocycles. The van der Waals surface area contributed by atoms with E-state index in [0.29, 0.717) is 11.5 Å². The number of hydrogen-bond acceptors (Lipinski definition) is 5. The van der Waals surface area contributed by atoms with E-state index in [1.54, 1.807) is 6.07 Å². The van der Waals surface area contributed by atoms with E-state index in [1.165, 1.54) is 6.07 Å². The first-order valence-electron chi connectivity index (χ1n) is 6.37. The zero-order chi connectivity index (χ0) is 14.8. The van der Waals surface area contributed by atoms with Gasteiger partial charge in [0.1, 0.15) is 4.21 Å². The first kappa shape index (κ1) is 15.4. The van der Waals surface area contributed by atoms with Crippen LogP contribution < -0.4 is 10.5 Å². The Balaban J connectivity index is 1.90. The van der Waals surface area contributed by atoms with Gasteiger partial charge in [0.05, 0.1) is 12.5 Å². The highest BCUT2D eigenvalue weighted by Gasteiger charge is 2.21. The summed E-state index contributed by atoms with van der Waals surface area (Å²) in [6, 6.07) is 3.18. The molecule has 1 fully saturated rings. The predicted molar refractivity (Wildman–Crippen MR) is 76.0 cm³/mol. The average Bonchev–Trinajstić information content (AvgIpc) is 2.76. The highest BCUT2D eigenvalue weighted by atomic mass is 32.2. The molecular weight excluding hydrogens is 300 g/mol. The third-order valence-corrected chi connectivity index (χ3v) is 5.63. The molecule has 1 aromatic heterocycles. The SMILES string of the molecule is CC1CC(NC(=O)Cc2ccc(S(N)(=O)=O)s2)CCO1. The minimum atomic E-state index is -3.68. The molecule has 0 aliphatic carbocycles. The molecule has 0 spiro atoms. The fourth-order valence-corrected chi connectivity index (χ4v) is 3.95. The van der Waals surface area contributed by atoms with Crippen molar-refractivity contribution < 1.29 is 17.9 Å². The van der Waals surface area contributed by atoms with E-state index < -0.39 is 10.0 Å². The van der Waals surface area contributed by atoms with E-state index in [1.807, 2.05) is 6.92 Å². The Labute approximate surface area is 122 Å². The zero-order valence-corrected chi connectivity index (χ0v) is 12.8. The predicted octanol–water partition coefficient (Wildman–Crippen LogP) is 0.622. The van der Waals surface area contributed by atoms with Crippen molar-refractivity contribution in [2.75, 3.05) is 6.61 Å². The van der Waals surface area contributed by atoms with Gasteiger partial charge in [-0.25, -0.2) is 13.6 Å². The van der Waals surface area contributed by atoms with Gasteiger partial charge in [-0.15, -0.1) is 11.3 Å². The van der Waals surface area contributed by atoms with E-state index >= 15 is 0 Å². The first-order chi connectivity index (χ1) is 9.34. The second-order valence-corrected chi connectivity index (χ2v) is 7.87. The molecule has 3 N–H and O–H groups in total. The summed E-state index contributed by atoms with van der Waals surface area (Å²) in [5.41, 5.74) is 0. The van der Waals surface area contributed by atoms with E-state index in [-0.39, 0.29) is 28.7 Å². The van der Waals surface area contributed by atoms with Gasteiger partial charge in [0.25, 0.3) is 0 Å². The lowest BCUT2D eigenvalue weighted by Crippen LogP contribution is -2.41. The summed E-state index contributed by atoms with van der Waals surface area (Å²) < 4.78 is 27.8. The van der Waals surface area contributed by atoms with Crippen molar-refractivity contribution in [1.82, 2.24) is 5.32 Å². The van der Waals surface area contributed by atoms with Crippen LogP contribution >= 0.6 is 11.3 Å². The van der Waals surface area contributed by atoms with E-state index in [2.05, 4.69) is 5.32 Å². The quantitative estimate of drug-likeness (QED) is 0.850. The van der Waals surface area contributed by atoms with Gasteiger partial charge >= 0.3 is 0 Å². The smallest absolute Gasteiger partial charge is 0.247 e. The molecule has 1 aromatic rings. The largest absolute Gasteiger partial charge is 0.378 e. The van der Waals surface area contributed by atoms with Gasteiger partial charge in [-0.2, -0.15) is 0 Å². The second-order valence-electron chi connectivity index (χ2n) is 4.91. The standard InChI is InChI=1S/C12H18N2O4S2/c1-8-6-9(4-5-18-8)14-11(15)7-10-2-3-12(19-10)20(13,16)17/h2-3,8-9H,4-7H2,1H3,(H,14,15)(H2,13,16,17). The number of nitrogens with two attached hydrogens (primary N) is 1. The molecule has 2 unspecified atom stereocenters. The summed E-state index contributed by atoms with van der Waals surface area (Å²) in [7, 11) is -3.68. The number of ether oxygens (including phenoxy) is 1. The molecule has 6 nitrogen and oxygen atoms in total. The lowest BCUT2D eigenvalue weighted by atomic mass is 10.0. The molecule has 0 saturated carbocycles. The second kappa shape index (κ2) is 6.21. The van der Waals surface area contributed by atoms with Gasteiger partial charge in [0.15, 0.2) is 0 Å². The van der Waals surface area contributed by atoms with Crippen LogP contribution in [-0.2, 0) is 26.0 Å². The molecule has 2 rings (SSSR count). The van der Waals surface area contributed by atoms with Gasteiger partial charge in [-0.05, 0) is 31.9 Å². The summed E-state index contributed by atoms with van der Waals surface area (Å²) in [4.78, 5) is 12.6. The van der Waals surface area contributed by atoms with E-state index in [0.717, 1.165) is 24.2 Å². The van der Waals surface area contributed by atoms with Crippen LogP contribution in [0.1, 0.15) is 24.6 Å². The van der Waals surface area contributed by atoms with Crippen LogP contribution in [-0.4, -0.2) is 33.1 Å². The molecule has 1 saturated heterocycles. The zero-order valence-electron chi connectivity index (χ0n) is 11.2. The molecule has 0 aromatic carbocycles.